The highest BCUT2D eigenvalue weighted by Crippen LogP contribution is 2.31. The van der Waals surface area contributed by atoms with E-state index in [1.807, 2.05) is 12.4 Å². The van der Waals surface area contributed by atoms with Gasteiger partial charge in [0.2, 0.25) is 0 Å². The first-order valence-corrected chi connectivity index (χ1v) is 7.54. The van der Waals surface area contributed by atoms with E-state index in [1.165, 1.54) is 40.3 Å². The van der Waals surface area contributed by atoms with Crippen LogP contribution in [0.3, 0.4) is 0 Å². The van der Waals surface area contributed by atoms with E-state index >= 15 is 0 Å². The van der Waals surface area contributed by atoms with Crippen molar-refractivity contribution in [1.82, 2.24) is 10.3 Å². The zero-order valence-corrected chi connectivity index (χ0v) is 11.9. The van der Waals surface area contributed by atoms with Crippen LogP contribution in [0.2, 0.25) is 0 Å². The van der Waals surface area contributed by atoms with Crippen LogP contribution in [0.1, 0.15) is 29.2 Å². The molecule has 0 saturated carbocycles. The van der Waals surface area contributed by atoms with Crippen LogP contribution in [-0.4, -0.2) is 4.98 Å². The Morgan fingerprint density at radius 2 is 2.00 bits per heavy atom. The van der Waals surface area contributed by atoms with Crippen LogP contribution in [0.5, 0.6) is 0 Å². The van der Waals surface area contributed by atoms with Crippen molar-refractivity contribution in [1.29, 1.82) is 0 Å². The van der Waals surface area contributed by atoms with Gasteiger partial charge in [0.1, 0.15) is 0 Å². The van der Waals surface area contributed by atoms with Crippen molar-refractivity contribution >= 4 is 10.8 Å². The molecule has 1 aromatic heterocycles. The van der Waals surface area contributed by atoms with Crippen LogP contribution in [0.4, 0.5) is 0 Å². The smallest absolute Gasteiger partial charge is 0.0346 e. The molecular formula is C19H18N2. The summed E-state index contributed by atoms with van der Waals surface area (Å²) in [6, 6.07) is 17.8. The number of benzene rings is 2. The highest BCUT2D eigenvalue weighted by atomic mass is 14.9. The van der Waals surface area contributed by atoms with Crippen molar-refractivity contribution in [3.05, 3.63) is 77.6 Å². The molecule has 2 nitrogen and oxygen atoms in total. The van der Waals surface area contributed by atoms with Gasteiger partial charge in [-0.2, -0.15) is 0 Å². The monoisotopic (exact) mass is 274 g/mol. The molecule has 1 heterocycles. The molecule has 0 amide bonds. The third kappa shape index (κ3) is 2.32. The van der Waals surface area contributed by atoms with Crippen LogP contribution in [0, 0.1) is 0 Å². The van der Waals surface area contributed by atoms with E-state index in [2.05, 4.69) is 58.8 Å². The van der Waals surface area contributed by atoms with Gasteiger partial charge in [0.25, 0.3) is 0 Å². The topological polar surface area (TPSA) is 24.9 Å². The van der Waals surface area contributed by atoms with Gasteiger partial charge in [-0.1, -0.05) is 42.5 Å². The van der Waals surface area contributed by atoms with Gasteiger partial charge in [-0.25, -0.2) is 0 Å². The van der Waals surface area contributed by atoms with Gasteiger partial charge in [0.15, 0.2) is 0 Å². The molecule has 104 valence electrons. The first-order chi connectivity index (χ1) is 10.4. The Balaban J connectivity index is 1.57. The third-order valence-corrected chi connectivity index (χ3v) is 4.44. The maximum Gasteiger partial charge on any atom is 0.0346 e. The summed E-state index contributed by atoms with van der Waals surface area (Å²) in [7, 11) is 0. The fraction of sp³-hybridized carbons (Fsp3) is 0.211. The number of nitrogens with one attached hydrogen (secondary N) is 1. The molecule has 0 aliphatic heterocycles. The SMILES string of the molecule is c1ccc2c(c1)CCC2NCc1cccc2cnccc12. The largest absolute Gasteiger partial charge is 0.306 e. The number of aryl methyl sites for hydroxylation is 1. The lowest BCUT2D eigenvalue weighted by Gasteiger charge is -2.15. The Morgan fingerprint density at radius 1 is 1.05 bits per heavy atom. The molecule has 1 N–H and O–H groups in total. The maximum absolute atomic E-state index is 4.20. The zero-order chi connectivity index (χ0) is 14.1. The van der Waals surface area contributed by atoms with Gasteiger partial charge in [-0.05, 0) is 41.0 Å². The molecule has 2 heteroatoms. The highest BCUT2D eigenvalue weighted by molar-refractivity contribution is 5.84. The highest BCUT2D eigenvalue weighted by Gasteiger charge is 2.21. The summed E-state index contributed by atoms with van der Waals surface area (Å²) in [4.78, 5) is 4.20. The van der Waals surface area contributed by atoms with Gasteiger partial charge in [0, 0.05) is 30.4 Å². The van der Waals surface area contributed by atoms with E-state index < -0.39 is 0 Å². The molecule has 1 aliphatic carbocycles. The average Bonchev–Trinajstić information content (AvgIpc) is 2.96. The molecule has 2 aromatic carbocycles. The first-order valence-electron chi connectivity index (χ1n) is 7.54. The van der Waals surface area contributed by atoms with E-state index in [0.29, 0.717) is 6.04 Å². The molecule has 0 saturated heterocycles. The van der Waals surface area contributed by atoms with E-state index in [-0.39, 0.29) is 0 Å². The summed E-state index contributed by atoms with van der Waals surface area (Å²) in [5.74, 6) is 0. The van der Waals surface area contributed by atoms with Crippen molar-refractivity contribution < 1.29 is 0 Å². The summed E-state index contributed by atoms with van der Waals surface area (Å²) < 4.78 is 0. The molecule has 0 spiro atoms. The van der Waals surface area contributed by atoms with Gasteiger partial charge in [-0.15, -0.1) is 0 Å². The van der Waals surface area contributed by atoms with Crippen molar-refractivity contribution in [3.8, 4) is 0 Å². The van der Waals surface area contributed by atoms with Crippen molar-refractivity contribution in [2.45, 2.75) is 25.4 Å². The lowest BCUT2D eigenvalue weighted by molar-refractivity contribution is 0.531. The molecule has 3 aromatic rings. The van der Waals surface area contributed by atoms with Crippen LogP contribution >= 0.6 is 0 Å². The Kier molecular flexibility index (Phi) is 3.17. The summed E-state index contributed by atoms with van der Waals surface area (Å²) in [6.45, 7) is 0.903. The van der Waals surface area contributed by atoms with Gasteiger partial charge in [0.05, 0.1) is 0 Å². The quantitative estimate of drug-likeness (QED) is 0.780. The second kappa shape index (κ2) is 5.30. The fourth-order valence-corrected chi connectivity index (χ4v) is 3.35. The van der Waals surface area contributed by atoms with E-state index in [0.717, 1.165) is 6.54 Å². The molecule has 0 radical (unpaired) electrons. The molecule has 4 rings (SSSR count). The number of nitrogens with zero attached hydrogens (tertiary/aromatic N) is 1. The molecular weight excluding hydrogens is 256 g/mol. The molecule has 0 fully saturated rings. The van der Waals surface area contributed by atoms with Crippen molar-refractivity contribution in [3.63, 3.8) is 0 Å². The zero-order valence-electron chi connectivity index (χ0n) is 11.9. The van der Waals surface area contributed by atoms with Crippen LogP contribution in [-0.2, 0) is 13.0 Å². The van der Waals surface area contributed by atoms with Crippen LogP contribution in [0.25, 0.3) is 10.8 Å². The Hall–Kier alpha value is -2.19. The van der Waals surface area contributed by atoms with Crippen molar-refractivity contribution in [2.75, 3.05) is 0 Å². The normalized spacial score (nSPS) is 17.0. The lowest BCUT2D eigenvalue weighted by atomic mass is 10.1. The molecule has 1 aliphatic rings. The first kappa shape index (κ1) is 12.5. The van der Waals surface area contributed by atoms with E-state index in [1.54, 1.807) is 0 Å². The summed E-state index contributed by atoms with van der Waals surface area (Å²) >= 11 is 0. The second-order valence-corrected chi connectivity index (χ2v) is 5.68. The number of aromatic nitrogens is 1. The molecule has 0 bridgehead atoms. The van der Waals surface area contributed by atoms with Crippen LogP contribution < -0.4 is 5.32 Å². The molecule has 21 heavy (non-hydrogen) atoms. The Bertz CT molecular complexity index is 774. The van der Waals surface area contributed by atoms with E-state index in [4.69, 9.17) is 0 Å². The third-order valence-electron chi connectivity index (χ3n) is 4.44. The lowest BCUT2D eigenvalue weighted by Crippen LogP contribution is -2.18. The molecule has 1 unspecified atom stereocenters. The summed E-state index contributed by atoms with van der Waals surface area (Å²) in [5, 5.41) is 6.23. The van der Waals surface area contributed by atoms with Gasteiger partial charge < -0.3 is 5.32 Å². The second-order valence-electron chi connectivity index (χ2n) is 5.68. The van der Waals surface area contributed by atoms with Crippen molar-refractivity contribution in [2.24, 2.45) is 0 Å². The number of rotatable bonds is 3. The minimum Gasteiger partial charge on any atom is -0.306 e. The summed E-state index contributed by atoms with van der Waals surface area (Å²) in [6.07, 6.45) is 6.19. The van der Waals surface area contributed by atoms with Gasteiger partial charge >= 0.3 is 0 Å². The standard InChI is InChI=1S/C19H18N2/c1-2-7-18-14(4-1)8-9-19(18)21-13-16-6-3-5-15-12-20-11-10-17(15)16/h1-7,10-12,19,21H,8-9,13H2. The predicted molar refractivity (Wildman–Crippen MR) is 86.1 cm³/mol. The van der Waals surface area contributed by atoms with Gasteiger partial charge in [-0.3, -0.25) is 4.98 Å². The minimum atomic E-state index is 0.485. The Morgan fingerprint density at radius 3 is 3.00 bits per heavy atom. The number of fused-ring (bicyclic) bond motifs is 2. The van der Waals surface area contributed by atoms with E-state index in [9.17, 15) is 0 Å². The predicted octanol–water partition coefficient (Wildman–Crippen LogP) is 4.01. The Labute approximate surface area is 124 Å². The minimum absolute atomic E-state index is 0.485. The maximum atomic E-state index is 4.20. The fourth-order valence-electron chi connectivity index (χ4n) is 3.35. The number of hydrogen-bond donors (Lipinski definition) is 1. The number of hydrogen-bond acceptors (Lipinski definition) is 2. The summed E-state index contributed by atoms with van der Waals surface area (Å²) in [5.41, 5.74) is 4.32. The average molecular weight is 274 g/mol. The van der Waals surface area contributed by atoms with Crippen LogP contribution in [0.15, 0.2) is 60.9 Å². The molecule has 1 atom stereocenters. The number of pyridine rings is 1.